The lowest BCUT2D eigenvalue weighted by atomic mass is 9.84. The zero-order valence-corrected chi connectivity index (χ0v) is 25.9. The highest BCUT2D eigenvalue weighted by atomic mass is 32.1. The molecular formula is C41H26N4OS. The summed E-state index contributed by atoms with van der Waals surface area (Å²) in [6.45, 7) is 0. The van der Waals surface area contributed by atoms with E-state index in [9.17, 15) is 0 Å². The van der Waals surface area contributed by atoms with E-state index in [1.807, 2.05) is 12.5 Å². The summed E-state index contributed by atoms with van der Waals surface area (Å²) in [6, 6.07) is 42.9. The monoisotopic (exact) mass is 622 g/mol. The van der Waals surface area contributed by atoms with Crippen molar-refractivity contribution in [3.05, 3.63) is 140 Å². The molecule has 0 bridgehead atoms. The van der Waals surface area contributed by atoms with Crippen LogP contribution in [0.2, 0.25) is 0 Å². The van der Waals surface area contributed by atoms with Gasteiger partial charge in [0.1, 0.15) is 5.76 Å². The quantitative estimate of drug-likeness (QED) is 0.179. The fourth-order valence-electron chi connectivity index (χ4n) is 7.06. The average molecular weight is 623 g/mol. The Hall–Kier alpha value is -6.11. The summed E-state index contributed by atoms with van der Waals surface area (Å²) in [4.78, 5) is 8.61. The van der Waals surface area contributed by atoms with Crippen LogP contribution in [0.5, 0.6) is 0 Å². The van der Waals surface area contributed by atoms with E-state index in [1.165, 1.54) is 15.0 Å². The summed E-state index contributed by atoms with van der Waals surface area (Å²) in [5, 5.41) is 14.8. The number of nitrogens with one attached hydrogen (secondary N) is 3. The number of para-hydroxylation sites is 1. The second-order valence-electron chi connectivity index (χ2n) is 11.9. The van der Waals surface area contributed by atoms with E-state index >= 15 is 0 Å². The lowest BCUT2D eigenvalue weighted by molar-refractivity contribution is 0.587. The van der Waals surface area contributed by atoms with Gasteiger partial charge in [-0.1, -0.05) is 84.9 Å². The van der Waals surface area contributed by atoms with Gasteiger partial charge in [0.2, 0.25) is 0 Å². The van der Waals surface area contributed by atoms with Crippen molar-refractivity contribution in [2.45, 2.75) is 0 Å². The number of aromatic nitrogens is 4. The highest BCUT2D eigenvalue weighted by molar-refractivity contribution is 7.22. The molecule has 5 heterocycles. The fraction of sp³-hybridized carbons (Fsp3) is 0. The first-order valence-electron chi connectivity index (χ1n) is 15.6. The van der Waals surface area contributed by atoms with Crippen LogP contribution in [0.3, 0.4) is 0 Å². The minimum Gasteiger partial charge on any atom is -0.463 e. The molecule has 0 aliphatic carbocycles. The van der Waals surface area contributed by atoms with Crippen molar-refractivity contribution in [1.82, 2.24) is 20.2 Å². The summed E-state index contributed by atoms with van der Waals surface area (Å²) in [6.07, 6.45) is 5.85. The number of thiophene rings is 1. The van der Waals surface area contributed by atoms with Crippen molar-refractivity contribution in [3.8, 4) is 55.5 Å². The van der Waals surface area contributed by atoms with Crippen molar-refractivity contribution in [2.75, 3.05) is 0 Å². The molecule has 5 aromatic heterocycles. The minimum absolute atomic E-state index is 0.825. The molecule has 0 saturated heterocycles. The Morgan fingerprint density at radius 1 is 0.617 bits per heavy atom. The van der Waals surface area contributed by atoms with Crippen LogP contribution < -0.4 is 0 Å². The van der Waals surface area contributed by atoms with Crippen LogP contribution >= 0.6 is 11.3 Å². The molecule has 0 spiro atoms. The van der Waals surface area contributed by atoms with Gasteiger partial charge in [-0.2, -0.15) is 5.10 Å². The van der Waals surface area contributed by atoms with Crippen molar-refractivity contribution in [2.24, 2.45) is 0 Å². The van der Waals surface area contributed by atoms with Gasteiger partial charge in [-0.25, -0.2) is 0 Å². The topological polar surface area (TPSA) is 73.4 Å². The number of benzene rings is 5. The Bertz CT molecular complexity index is 2690. The van der Waals surface area contributed by atoms with E-state index < -0.39 is 0 Å². The van der Waals surface area contributed by atoms with E-state index in [2.05, 4.69) is 143 Å². The summed E-state index contributed by atoms with van der Waals surface area (Å²) >= 11 is 1.80. The van der Waals surface area contributed by atoms with Gasteiger partial charge < -0.3 is 14.4 Å². The summed E-state index contributed by atoms with van der Waals surface area (Å²) < 4.78 is 7.82. The number of H-pyrrole nitrogens is 3. The molecule has 5 aromatic carbocycles. The predicted molar refractivity (Wildman–Crippen MR) is 195 cm³/mol. The first kappa shape index (κ1) is 26.1. The Morgan fingerprint density at radius 2 is 1.38 bits per heavy atom. The second-order valence-corrected chi connectivity index (χ2v) is 13.0. The molecule has 5 nitrogen and oxygen atoms in total. The SMILES string of the molecule is c1ccc2[nH]c(-c3c(-c4[nH]cc5ccccc45)cc(-c4cc5ccccc5s4)c(-c4occ5ccccc45)c3-c3cc[nH]n3)cc2c1. The van der Waals surface area contributed by atoms with Gasteiger partial charge in [-0.15, -0.1) is 11.3 Å². The lowest BCUT2D eigenvalue weighted by Gasteiger charge is -2.20. The number of fused-ring (bicyclic) bond motifs is 4. The maximum atomic E-state index is 6.58. The van der Waals surface area contributed by atoms with Gasteiger partial charge in [0.25, 0.3) is 0 Å². The second kappa shape index (κ2) is 10.2. The smallest absolute Gasteiger partial charge is 0.143 e. The van der Waals surface area contributed by atoms with Crippen LogP contribution in [0.15, 0.2) is 144 Å². The maximum Gasteiger partial charge on any atom is 0.143 e. The van der Waals surface area contributed by atoms with Gasteiger partial charge >= 0.3 is 0 Å². The molecule has 0 atom stereocenters. The third kappa shape index (κ3) is 4.05. The van der Waals surface area contributed by atoms with Gasteiger partial charge in [0.05, 0.1) is 17.7 Å². The molecule has 0 unspecified atom stereocenters. The Labute approximate surface area is 273 Å². The lowest BCUT2D eigenvalue weighted by Crippen LogP contribution is -1.98. The number of aromatic amines is 3. The molecule has 0 saturated carbocycles. The molecule has 0 fully saturated rings. The van der Waals surface area contributed by atoms with E-state index in [1.54, 1.807) is 11.3 Å². The highest BCUT2D eigenvalue weighted by Gasteiger charge is 2.29. The van der Waals surface area contributed by atoms with E-state index in [0.29, 0.717) is 0 Å². The number of hydrogen-bond acceptors (Lipinski definition) is 3. The van der Waals surface area contributed by atoms with E-state index in [4.69, 9.17) is 9.52 Å². The number of rotatable bonds is 5. The zero-order valence-electron chi connectivity index (χ0n) is 25.0. The molecule has 47 heavy (non-hydrogen) atoms. The first-order chi connectivity index (χ1) is 23.3. The minimum atomic E-state index is 0.825. The Balaban J connectivity index is 1.43. The molecule has 0 aliphatic rings. The molecular weight excluding hydrogens is 597 g/mol. The van der Waals surface area contributed by atoms with Crippen molar-refractivity contribution >= 4 is 53.9 Å². The number of furan rings is 1. The molecule has 10 rings (SSSR count). The summed E-state index contributed by atoms with van der Waals surface area (Å²) in [5.41, 5.74) is 9.24. The zero-order chi connectivity index (χ0) is 30.9. The largest absolute Gasteiger partial charge is 0.463 e. The molecule has 3 N–H and O–H groups in total. The fourth-order valence-corrected chi connectivity index (χ4v) is 8.14. The van der Waals surface area contributed by atoms with Gasteiger partial charge in [0.15, 0.2) is 0 Å². The third-order valence-corrected chi connectivity index (χ3v) is 10.3. The molecule has 0 aliphatic heterocycles. The van der Waals surface area contributed by atoms with Crippen molar-refractivity contribution in [1.29, 1.82) is 0 Å². The van der Waals surface area contributed by atoms with E-state index in [-0.39, 0.29) is 0 Å². The molecule has 0 radical (unpaired) electrons. The highest BCUT2D eigenvalue weighted by Crippen LogP contribution is 2.53. The Morgan fingerprint density at radius 3 is 2.21 bits per heavy atom. The normalized spacial score (nSPS) is 11.8. The van der Waals surface area contributed by atoms with Gasteiger partial charge in [0, 0.05) is 82.5 Å². The van der Waals surface area contributed by atoms with Crippen LogP contribution in [-0.2, 0) is 0 Å². The molecule has 0 amide bonds. The number of hydrogen-bond donors (Lipinski definition) is 3. The standard InChI is InChI=1S/C41H26N4OS/c1-5-13-28-26(11-1)22-42-40(28)31-21-30(36-20-25-10-4-8-16-35(25)47-36)38(41-29-14-6-2-12-27(29)23-46-41)39(33-17-18-43-45-33)37(31)34-19-24-9-3-7-15-32(24)44-34/h1-23,42,44H,(H,43,45). The molecule has 6 heteroatoms. The van der Waals surface area contributed by atoms with Gasteiger partial charge in [-0.3, -0.25) is 5.10 Å². The van der Waals surface area contributed by atoms with E-state index in [0.717, 1.165) is 83.1 Å². The Kier molecular flexibility index (Phi) is 5.68. The van der Waals surface area contributed by atoms with Crippen LogP contribution in [0.1, 0.15) is 0 Å². The summed E-state index contributed by atoms with van der Waals surface area (Å²) in [7, 11) is 0. The third-order valence-electron chi connectivity index (χ3n) is 9.18. The first-order valence-corrected chi connectivity index (χ1v) is 16.4. The summed E-state index contributed by atoms with van der Waals surface area (Å²) in [5.74, 6) is 0.825. The predicted octanol–water partition coefficient (Wildman–Crippen LogP) is 11.7. The van der Waals surface area contributed by atoms with Crippen molar-refractivity contribution in [3.63, 3.8) is 0 Å². The van der Waals surface area contributed by atoms with Crippen LogP contribution in [0.4, 0.5) is 0 Å². The van der Waals surface area contributed by atoms with Crippen LogP contribution in [0, 0.1) is 0 Å². The maximum absolute atomic E-state index is 6.58. The van der Waals surface area contributed by atoms with Crippen LogP contribution in [0.25, 0.3) is 98.1 Å². The molecule has 222 valence electrons. The van der Waals surface area contributed by atoms with Crippen molar-refractivity contribution < 1.29 is 4.42 Å². The van der Waals surface area contributed by atoms with Crippen LogP contribution in [-0.4, -0.2) is 20.2 Å². The number of nitrogens with zero attached hydrogens (tertiary/aromatic N) is 1. The average Bonchev–Trinajstić information content (AvgIpc) is 3.96. The molecule has 10 aromatic rings. The van der Waals surface area contributed by atoms with Gasteiger partial charge in [-0.05, 0) is 47.2 Å².